The Morgan fingerprint density at radius 3 is 2.85 bits per heavy atom. The van der Waals surface area contributed by atoms with Crippen LogP contribution in [0.3, 0.4) is 0 Å². The Hall–Kier alpha value is -4.23. The van der Waals surface area contributed by atoms with E-state index in [4.69, 9.17) is 4.74 Å². The number of thiophene rings is 1. The molecule has 1 aliphatic heterocycles. The lowest BCUT2D eigenvalue weighted by Crippen LogP contribution is -2.49. The fourth-order valence-corrected chi connectivity index (χ4v) is 5.14. The van der Waals surface area contributed by atoms with E-state index in [1.54, 1.807) is 6.07 Å². The van der Waals surface area contributed by atoms with Gasteiger partial charge in [-0.05, 0) is 43.1 Å². The molecule has 1 aromatic carbocycles. The standard InChI is InChI=1S/C26H31N7O5S/c1-2-27-10-12-38-19-7-3-5-17(13-19)21-14-20(23(34)30-18-6-4-11-33(16-18)26(36)37)24(39-21)32-25(35)31-22-15-28-8-9-29-22/h3,5,7-9,13-15,18,27H,2,4,6,10-12,16H2,1H3,(H,30,34)(H,36,37)(H2,29,31,32,35). The molecule has 0 aliphatic carbocycles. The van der Waals surface area contributed by atoms with E-state index in [0.29, 0.717) is 36.7 Å². The average molecular weight is 554 g/mol. The van der Waals surface area contributed by atoms with Crippen molar-refractivity contribution in [2.24, 2.45) is 0 Å². The van der Waals surface area contributed by atoms with Gasteiger partial charge >= 0.3 is 12.1 Å². The molecule has 2 aromatic heterocycles. The van der Waals surface area contributed by atoms with E-state index >= 15 is 0 Å². The summed E-state index contributed by atoms with van der Waals surface area (Å²) in [6, 6.07) is 8.32. The zero-order chi connectivity index (χ0) is 27.6. The Kier molecular flexibility index (Phi) is 9.64. The van der Waals surface area contributed by atoms with Gasteiger partial charge in [0.15, 0.2) is 5.82 Å². The molecule has 39 heavy (non-hydrogen) atoms. The summed E-state index contributed by atoms with van der Waals surface area (Å²) in [5.74, 6) is 0.550. The summed E-state index contributed by atoms with van der Waals surface area (Å²) in [5, 5.41) is 21.2. The highest BCUT2D eigenvalue weighted by atomic mass is 32.1. The number of carboxylic acid groups (broad SMARTS) is 1. The molecule has 206 valence electrons. The Labute approximate surface area is 229 Å². The normalized spacial score (nSPS) is 14.9. The molecule has 1 saturated heterocycles. The number of nitrogens with zero attached hydrogens (tertiary/aromatic N) is 3. The lowest BCUT2D eigenvalue weighted by atomic mass is 10.1. The molecule has 13 heteroatoms. The van der Waals surface area contributed by atoms with E-state index in [1.807, 2.05) is 31.2 Å². The first-order valence-corrected chi connectivity index (χ1v) is 13.4. The lowest BCUT2D eigenvalue weighted by molar-refractivity contribution is 0.0889. The number of nitrogens with one attached hydrogen (secondary N) is 4. The maximum atomic E-state index is 13.4. The van der Waals surface area contributed by atoms with Gasteiger partial charge in [-0.3, -0.25) is 20.4 Å². The second kappa shape index (κ2) is 13.5. The number of piperidine rings is 1. The SMILES string of the molecule is CCNCCOc1cccc(-c2cc(C(=O)NC3CCCN(C(=O)O)C3)c(NC(=O)Nc3cnccn3)s2)c1. The zero-order valence-corrected chi connectivity index (χ0v) is 22.3. The van der Waals surface area contributed by atoms with Gasteiger partial charge in [0.1, 0.15) is 17.4 Å². The van der Waals surface area contributed by atoms with Gasteiger partial charge in [0, 0.05) is 42.9 Å². The number of hydrogen-bond donors (Lipinski definition) is 5. The molecule has 1 aliphatic rings. The number of amides is 4. The number of likely N-dealkylation sites (N-methyl/N-ethyl adjacent to an activating group) is 1. The Morgan fingerprint density at radius 1 is 1.21 bits per heavy atom. The van der Waals surface area contributed by atoms with Crippen molar-refractivity contribution in [1.29, 1.82) is 0 Å². The van der Waals surface area contributed by atoms with Crippen LogP contribution in [0.15, 0.2) is 48.9 Å². The third-order valence-corrected chi connectivity index (χ3v) is 7.05. The van der Waals surface area contributed by atoms with Crippen LogP contribution in [0.2, 0.25) is 0 Å². The highest BCUT2D eigenvalue weighted by Crippen LogP contribution is 2.37. The van der Waals surface area contributed by atoms with Crippen LogP contribution in [0.4, 0.5) is 20.4 Å². The predicted octanol–water partition coefficient (Wildman–Crippen LogP) is 3.71. The molecule has 1 unspecified atom stereocenters. The van der Waals surface area contributed by atoms with Crippen LogP contribution >= 0.6 is 11.3 Å². The van der Waals surface area contributed by atoms with Crippen LogP contribution < -0.4 is 26.0 Å². The number of hydrogen-bond acceptors (Lipinski definition) is 8. The molecular weight excluding hydrogens is 522 g/mol. The van der Waals surface area contributed by atoms with Crippen molar-refractivity contribution in [3.8, 4) is 16.2 Å². The number of benzene rings is 1. The topological polar surface area (TPSA) is 158 Å². The molecule has 12 nitrogen and oxygen atoms in total. The van der Waals surface area contributed by atoms with Crippen molar-refractivity contribution in [3.63, 3.8) is 0 Å². The van der Waals surface area contributed by atoms with Gasteiger partial charge in [0.25, 0.3) is 5.91 Å². The average Bonchev–Trinajstić information content (AvgIpc) is 3.36. The van der Waals surface area contributed by atoms with E-state index in [9.17, 15) is 19.5 Å². The van der Waals surface area contributed by atoms with E-state index < -0.39 is 18.0 Å². The van der Waals surface area contributed by atoms with Crippen molar-refractivity contribution >= 4 is 40.2 Å². The monoisotopic (exact) mass is 553 g/mol. The van der Waals surface area contributed by atoms with Crippen molar-refractivity contribution < 1.29 is 24.2 Å². The van der Waals surface area contributed by atoms with Crippen LogP contribution in [0.5, 0.6) is 5.75 Å². The second-order valence-corrected chi connectivity index (χ2v) is 9.85. The number of rotatable bonds is 10. The fourth-order valence-electron chi connectivity index (χ4n) is 4.10. The molecule has 1 fully saturated rings. The molecule has 3 heterocycles. The smallest absolute Gasteiger partial charge is 0.407 e. The summed E-state index contributed by atoms with van der Waals surface area (Å²) in [6.45, 7) is 4.77. The number of anilines is 2. The first-order chi connectivity index (χ1) is 18.9. The van der Waals surface area contributed by atoms with Crippen molar-refractivity contribution in [2.75, 3.05) is 43.4 Å². The molecule has 0 spiro atoms. The minimum atomic E-state index is -1.01. The van der Waals surface area contributed by atoms with Gasteiger partial charge in [0.2, 0.25) is 0 Å². The molecule has 3 aromatic rings. The molecule has 4 amide bonds. The Bertz CT molecular complexity index is 1290. The first-order valence-electron chi connectivity index (χ1n) is 12.6. The number of likely N-dealkylation sites (tertiary alicyclic amines) is 1. The van der Waals surface area contributed by atoms with Crippen LogP contribution in [-0.4, -0.2) is 76.8 Å². The first kappa shape index (κ1) is 27.8. The van der Waals surface area contributed by atoms with E-state index in [2.05, 4.69) is 31.2 Å². The van der Waals surface area contributed by atoms with Gasteiger partial charge in [0.05, 0.1) is 11.8 Å². The van der Waals surface area contributed by atoms with Gasteiger partial charge in [-0.15, -0.1) is 11.3 Å². The van der Waals surface area contributed by atoms with Crippen LogP contribution in [0.1, 0.15) is 30.1 Å². The van der Waals surface area contributed by atoms with Crippen molar-refractivity contribution in [2.45, 2.75) is 25.8 Å². The third-order valence-electron chi connectivity index (χ3n) is 5.95. The zero-order valence-electron chi connectivity index (χ0n) is 21.5. The van der Waals surface area contributed by atoms with E-state index in [0.717, 1.165) is 23.5 Å². The number of carbonyl (C=O) groups excluding carboxylic acids is 2. The molecule has 5 N–H and O–H groups in total. The van der Waals surface area contributed by atoms with E-state index in [-0.39, 0.29) is 24.0 Å². The summed E-state index contributed by atoms with van der Waals surface area (Å²) in [5.41, 5.74) is 1.10. The second-order valence-electron chi connectivity index (χ2n) is 8.79. The van der Waals surface area contributed by atoms with Crippen LogP contribution in [0, 0.1) is 0 Å². The van der Waals surface area contributed by atoms with Gasteiger partial charge in [-0.25, -0.2) is 14.6 Å². The minimum absolute atomic E-state index is 0.209. The number of ether oxygens (including phenoxy) is 1. The Balaban J connectivity index is 1.55. The fraction of sp³-hybridized carbons (Fsp3) is 0.346. The lowest BCUT2D eigenvalue weighted by Gasteiger charge is -2.31. The third kappa shape index (κ3) is 7.88. The maximum Gasteiger partial charge on any atom is 0.407 e. The molecule has 1 atom stereocenters. The quantitative estimate of drug-likeness (QED) is 0.238. The molecule has 0 saturated carbocycles. The van der Waals surface area contributed by atoms with E-state index in [1.165, 1.54) is 34.8 Å². The van der Waals surface area contributed by atoms with Crippen LogP contribution in [-0.2, 0) is 0 Å². The summed E-state index contributed by atoms with van der Waals surface area (Å²) in [6.07, 6.45) is 4.66. The highest BCUT2D eigenvalue weighted by Gasteiger charge is 2.27. The number of urea groups is 1. The highest BCUT2D eigenvalue weighted by molar-refractivity contribution is 7.20. The predicted molar refractivity (Wildman–Crippen MR) is 149 cm³/mol. The number of carbonyl (C=O) groups is 3. The molecule has 4 rings (SSSR count). The van der Waals surface area contributed by atoms with Gasteiger partial charge in [-0.1, -0.05) is 19.1 Å². The maximum absolute atomic E-state index is 13.4. The molecule has 0 bridgehead atoms. The van der Waals surface area contributed by atoms with Crippen LogP contribution in [0.25, 0.3) is 10.4 Å². The summed E-state index contributed by atoms with van der Waals surface area (Å²) >= 11 is 1.25. The summed E-state index contributed by atoms with van der Waals surface area (Å²) in [4.78, 5) is 47.5. The minimum Gasteiger partial charge on any atom is -0.492 e. The van der Waals surface area contributed by atoms with Gasteiger partial charge < -0.3 is 25.4 Å². The largest absolute Gasteiger partial charge is 0.492 e. The van der Waals surface area contributed by atoms with Crippen molar-refractivity contribution in [3.05, 3.63) is 54.5 Å². The Morgan fingerprint density at radius 2 is 2.08 bits per heavy atom. The summed E-state index contributed by atoms with van der Waals surface area (Å²) < 4.78 is 5.83. The number of aromatic nitrogens is 2. The van der Waals surface area contributed by atoms with Crippen molar-refractivity contribution in [1.82, 2.24) is 25.5 Å². The molecular formula is C26H31N7O5S. The molecule has 0 radical (unpaired) electrons. The van der Waals surface area contributed by atoms with Gasteiger partial charge in [-0.2, -0.15) is 0 Å². The summed E-state index contributed by atoms with van der Waals surface area (Å²) in [7, 11) is 0.